The number of hydrogen-bond donors (Lipinski definition) is 1. The summed E-state index contributed by atoms with van der Waals surface area (Å²) in [6.07, 6.45) is 1.96. The molecule has 0 radical (unpaired) electrons. The van der Waals surface area contributed by atoms with Gasteiger partial charge in [0.25, 0.3) is 0 Å². The Bertz CT molecular complexity index is 255. The van der Waals surface area contributed by atoms with E-state index >= 15 is 0 Å². The lowest BCUT2D eigenvalue weighted by Gasteiger charge is -2.21. The maximum absolute atomic E-state index is 11.5. The van der Waals surface area contributed by atoms with E-state index in [-0.39, 0.29) is 24.1 Å². The van der Waals surface area contributed by atoms with Crippen molar-refractivity contribution < 1.29 is 14.3 Å². The van der Waals surface area contributed by atoms with Gasteiger partial charge in [0.1, 0.15) is 0 Å². The molecule has 0 aromatic rings. The second-order valence-electron chi connectivity index (χ2n) is 4.10. The third-order valence-corrected chi connectivity index (χ3v) is 3.58. The molecule has 0 aromatic heterocycles. The first kappa shape index (κ1) is 7.76. The SMILES string of the molecule is CO[C@@H]1OC(=O)C2C3CCC(N3)C21. The van der Waals surface area contributed by atoms with Crippen molar-refractivity contribution in [3.63, 3.8) is 0 Å². The van der Waals surface area contributed by atoms with Gasteiger partial charge in [0, 0.05) is 19.2 Å². The van der Waals surface area contributed by atoms with Crippen molar-refractivity contribution in [1.29, 1.82) is 0 Å². The van der Waals surface area contributed by atoms with E-state index in [4.69, 9.17) is 9.47 Å². The van der Waals surface area contributed by atoms with Gasteiger partial charge in [0.15, 0.2) is 0 Å². The molecule has 0 amide bonds. The molecule has 4 heteroatoms. The van der Waals surface area contributed by atoms with Crippen LogP contribution >= 0.6 is 0 Å². The van der Waals surface area contributed by atoms with Crippen molar-refractivity contribution in [3.05, 3.63) is 0 Å². The van der Waals surface area contributed by atoms with E-state index in [0.29, 0.717) is 12.1 Å². The van der Waals surface area contributed by atoms with Crippen LogP contribution in [0.4, 0.5) is 0 Å². The zero-order chi connectivity index (χ0) is 9.00. The zero-order valence-electron chi connectivity index (χ0n) is 7.53. The van der Waals surface area contributed by atoms with Gasteiger partial charge in [-0.25, -0.2) is 0 Å². The van der Waals surface area contributed by atoms with Crippen LogP contribution in [0.3, 0.4) is 0 Å². The van der Waals surface area contributed by atoms with Crippen LogP contribution in [-0.4, -0.2) is 31.5 Å². The van der Waals surface area contributed by atoms with Gasteiger partial charge in [-0.1, -0.05) is 0 Å². The average molecular weight is 183 g/mol. The Kier molecular flexibility index (Phi) is 1.46. The summed E-state index contributed by atoms with van der Waals surface area (Å²) < 4.78 is 10.3. The second kappa shape index (κ2) is 2.45. The largest absolute Gasteiger partial charge is 0.435 e. The van der Waals surface area contributed by atoms with Crippen LogP contribution in [0.5, 0.6) is 0 Å². The van der Waals surface area contributed by atoms with Crippen LogP contribution < -0.4 is 5.32 Å². The van der Waals surface area contributed by atoms with E-state index in [1.165, 1.54) is 0 Å². The molecular weight excluding hydrogens is 170 g/mol. The topological polar surface area (TPSA) is 47.6 Å². The van der Waals surface area contributed by atoms with E-state index in [1.807, 2.05) is 0 Å². The number of ether oxygens (including phenoxy) is 2. The summed E-state index contributed by atoms with van der Waals surface area (Å²) in [5, 5.41) is 3.44. The van der Waals surface area contributed by atoms with E-state index in [1.54, 1.807) is 7.11 Å². The van der Waals surface area contributed by atoms with Crippen molar-refractivity contribution in [1.82, 2.24) is 5.32 Å². The maximum atomic E-state index is 11.5. The van der Waals surface area contributed by atoms with E-state index in [9.17, 15) is 4.79 Å². The van der Waals surface area contributed by atoms with Gasteiger partial charge in [-0.3, -0.25) is 4.79 Å². The van der Waals surface area contributed by atoms with Crippen LogP contribution in [0.2, 0.25) is 0 Å². The summed E-state index contributed by atoms with van der Waals surface area (Å²) in [7, 11) is 1.60. The number of esters is 1. The normalized spacial score (nSPS) is 52.4. The fourth-order valence-electron chi connectivity index (χ4n) is 3.06. The smallest absolute Gasteiger partial charge is 0.313 e. The Morgan fingerprint density at radius 2 is 2.23 bits per heavy atom. The number of carbonyl (C=O) groups is 1. The number of hydrogen-bond acceptors (Lipinski definition) is 4. The molecule has 1 N–H and O–H groups in total. The minimum absolute atomic E-state index is 0.0590. The van der Waals surface area contributed by atoms with Crippen molar-refractivity contribution in [2.24, 2.45) is 11.8 Å². The average Bonchev–Trinajstić information content (AvgIpc) is 2.76. The molecule has 0 aromatic carbocycles. The lowest BCUT2D eigenvalue weighted by atomic mass is 9.81. The molecule has 3 aliphatic heterocycles. The number of nitrogens with one attached hydrogen (secondary N) is 1. The van der Waals surface area contributed by atoms with Gasteiger partial charge in [-0.15, -0.1) is 0 Å². The molecule has 4 nitrogen and oxygen atoms in total. The summed E-state index contributed by atoms with van der Waals surface area (Å²) in [6, 6.07) is 0.786. The molecular formula is C9H13NO3. The van der Waals surface area contributed by atoms with E-state index < -0.39 is 0 Å². The standard InChI is InChI=1S/C9H13NO3/c1-12-9-7-5-3-2-4(10-5)6(7)8(11)13-9/h4-7,9-10H,2-3H2,1H3/t4?,5?,6?,7?,9-/m1/s1. The summed E-state index contributed by atoms with van der Waals surface area (Å²) in [5.41, 5.74) is 0. The fourth-order valence-corrected chi connectivity index (χ4v) is 3.06. The Hall–Kier alpha value is -0.610. The summed E-state index contributed by atoms with van der Waals surface area (Å²) in [6.45, 7) is 0. The first-order chi connectivity index (χ1) is 6.31. The fraction of sp³-hybridized carbons (Fsp3) is 0.889. The van der Waals surface area contributed by atoms with Gasteiger partial charge in [0.05, 0.1) is 11.8 Å². The molecule has 2 bridgehead atoms. The molecule has 3 heterocycles. The van der Waals surface area contributed by atoms with E-state index in [0.717, 1.165) is 12.8 Å². The van der Waals surface area contributed by atoms with E-state index in [2.05, 4.69) is 5.32 Å². The van der Waals surface area contributed by atoms with Crippen LogP contribution in [-0.2, 0) is 14.3 Å². The predicted molar refractivity (Wildman–Crippen MR) is 43.8 cm³/mol. The molecule has 3 rings (SSSR count). The molecule has 0 saturated carbocycles. The minimum atomic E-state index is -0.305. The lowest BCUT2D eigenvalue weighted by molar-refractivity contribution is -0.163. The Labute approximate surface area is 76.6 Å². The van der Waals surface area contributed by atoms with Gasteiger partial charge in [-0.2, -0.15) is 0 Å². The van der Waals surface area contributed by atoms with Crippen molar-refractivity contribution >= 4 is 5.97 Å². The minimum Gasteiger partial charge on any atom is -0.435 e. The quantitative estimate of drug-likeness (QED) is 0.576. The summed E-state index contributed by atoms with van der Waals surface area (Å²) in [5.74, 6) is 0.247. The van der Waals surface area contributed by atoms with Gasteiger partial charge < -0.3 is 14.8 Å². The first-order valence-corrected chi connectivity index (χ1v) is 4.80. The van der Waals surface area contributed by atoms with Crippen molar-refractivity contribution in [2.75, 3.05) is 7.11 Å². The molecule has 4 unspecified atom stereocenters. The lowest BCUT2D eigenvalue weighted by Crippen LogP contribution is -2.32. The molecule has 13 heavy (non-hydrogen) atoms. The monoisotopic (exact) mass is 183 g/mol. The highest BCUT2D eigenvalue weighted by atomic mass is 16.7. The highest BCUT2D eigenvalue weighted by Gasteiger charge is 2.59. The molecule has 72 valence electrons. The Morgan fingerprint density at radius 1 is 1.46 bits per heavy atom. The number of carbonyl (C=O) groups excluding carboxylic acids is 1. The molecule has 3 fully saturated rings. The van der Waals surface area contributed by atoms with Crippen LogP contribution in [0, 0.1) is 11.8 Å². The number of fused-ring (bicyclic) bond motifs is 5. The number of methoxy groups -OCH3 is 1. The first-order valence-electron chi connectivity index (χ1n) is 4.80. The number of rotatable bonds is 1. The molecule has 3 saturated heterocycles. The van der Waals surface area contributed by atoms with Crippen molar-refractivity contribution in [3.8, 4) is 0 Å². The highest BCUT2D eigenvalue weighted by Crippen LogP contribution is 2.45. The molecule has 0 aliphatic carbocycles. The second-order valence-corrected chi connectivity index (χ2v) is 4.10. The third-order valence-electron chi connectivity index (χ3n) is 3.58. The third kappa shape index (κ3) is 0.849. The predicted octanol–water partition coefficient (Wildman–Crippen LogP) is -0.118. The van der Waals surface area contributed by atoms with Gasteiger partial charge in [0.2, 0.25) is 6.29 Å². The van der Waals surface area contributed by atoms with Gasteiger partial charge in [-0.05, 0) is 12.8 Å². The summed E-state index contributed by atoms with van der Waals surface area (Å²) >= 11 is 0. The van der Waals surface area contributed by atoms with Gasteiger partial charge >= 0.3 is 5.97 Å². The highest BCUT2D eigenvalue weighted by molar-refractivity contribution is 5.77. The van der Waals surface area contributed by atoms with Crippen LogP contribution in [0.1, 0.15) is 12.8 Å². The van der Waals surface area contributed by atoms with Crippen molar-refractivity contribution in [2.45, 2.75) is 31.2 Å². The molecule has 3 aliphatic rings. The zero-order valence-corrected chi connectivity index (χ0v) is 7.53. The maximum Gasteiger partial charge on any atom is 0.313 e. The molecule has 5 atom stereocenters. The van der Waals surface area contributed by atoms with Crippen LogP contribution in [0.15, 0.2) is 0 Å². The Balaban J connectivity index is 1.92. The Morgan fingerprint density at radius 3 is 3.00 bits per heavy atom. The van der Waals surface area contributed by atoms with Crippen LogP contribution in [0.25, 0.3) is 0 Å². The number of cyclic esters (lactones) is 1. The molecule has 0 spiro atoms. The summed E-state index contributed by atoms with van der Waals surface area (Å²) in [4.78, 5) is 11.5.